The van der Waals surface area contributed by atoms with Crippen LogP contribution in [0.2, 0.25) is 0 Å². The smallest absolute Gasteiger partial charge is 0.269 e. The first-order valence-corrected chi connectivity index (χ1v) is 7.62. The SMILES string of the molecule is CC.Cc1cc([N+](=O)[O-])ccc1OCC1CCN(C)CC1. The van der Waals surface area contributed by atoms with E-state index in [1.54, 1.807) is 12.1 Å². The molecular formula is C16H26N2O3. The van der Waals surface area contributed by atoms with Crippen LogP contribution in [0.5, 0.6) is 5.75 Å². The van der Waals surface area contributed by atoms with E-state index in [2.05, 4.69) is 11.9 Å². The van der Waals surface area contributed by atoms with Crippen molar-refractivity contribution >= 4 is 5.69 Å². The number of nitro benzene ring substituents is 1. The summed E-state index contributed by atoms with van der Waals surface area (Å²) < 4.78 is 5.81. The van der Waals surface area contributed by atoms with Gasteiger partial charge in [0.2, 0.25) is 0 Å². The molecule has 0 unspecified atom stereocenters. The van der Waals surface area contributed by atoms with Gasteiger partial charge in [0.15, 0.2) is 0 Å². The Morgan fingerprint density at radius 2 is 1.95 bits per heavy atom. The maximum atomic E-state index is 10.7. The Kier molecular flexibility index (Phi) is 7.15. The number of likely N-dealkylation sites (tertiary alicyclic amines) is 1. The molecule has 0 radical (unpaired) electrons. The summed E-state index contributed by atoms with van der Waals surface area (Å²) >= 11 is 0. The van der Waals surface area contributed by atoms with E-state index in [9.17, 15) is 10.1 Å². The largest absolute Gasteiger partial charge is 0.493 e. The van der Waals surface area contributed by atoms with Crippen LogP contribution in [0.15, 0.2) is 18.2 Å². The molecule has 1 aromatic rings. The van der Waals surface area contributed by atoms with E-state index in [0.717, 1.165) is 37.2 Å². The number of ether oxygens (including phenoxy) is 1. The van der Waals surface area contributed by atoms with E-state index in [4.69, 9.17) is 4.74 Å². The van der Waals surface area contributed by atoms with E-state index in [1.165, 1.54) is 6.07 Å². The van der Waals surface area contributed by atoms with Gasteiger partial charge >= 0.3 is 0 Å². The lowest BCUT2D eigenvalue weighted by molar-refractivity contribution is -0.384. The molecule has 1 saturated heterocycles. The first-order chi connectivity index (χ1) is 10.1. The molecule has 0 amide bonds. The van der Waals surface area contributed by atoms with E-state index in [0.29, 0.717) is 12.5 Å². The Hall–Kier alpha value is -1.62. The first-order valence-electron chi connectivity index (χ1n) is 7.62. The quantitative estimate of drug-likeness (QED) is 0.628. The summed E-state index contributed by atoms with van der Waals surface area (Å²) in [6.45, 7) is 8.78. The molecule has 0 aromatic heterocycles. The Morgan fingerprint density at radius 3 is 2.48 bits per heavy atom. The third kappa shape index (κ3) is 5.34. The fourth-order valence-electron chi connectivity index (χ4n) is 2.35. The fraction of sp³-hybridized carbons (Fsp3) is 0.625. The molecule has 0 N–H and O–H groups in total. The van der Waals surface area contributed by atoms with Crippen molar-refractivity contribution < 1.29 is 9.66 Å². The fourth-order valence-corrected chi connectivity index (χ4v) is 2.35. The molecule has 5 heteroatoms. The minimum atomic E-state index is -0.381. The van der Waals surface area contributed by atoms with Crippen LogP contribution < -0.4 is 4.74 Å². The zero-order valence-corrected chi connectivity index (χ0v) is 13.5. The summed E-state index contributed by atoms with van der Waals surface area (Å²) in [5.74, 6) is 1.34. The second-order valence-electron chi connectivity index (χ2n) is 5.26. The van der Waals surface area contributed by atoms with Gasteiger partial charge in [0, 0.05) is 12.1 Å². The van der Waals surface area contributed by atoms with E-state index in [1.807, 2.05) is 20.8 Å². The van der Waals surface area contributed by atoms with Crippen LogP contribution in [0.4, 0.5) is 5.69 Å². The van der Waals surface area contributed by atoms with Gasteiger partial charge in [-0.2, -0.15) is 0 Å². The van der Waals surface area contributed by atoms with Crippen molar-refractivity contribution in [1.82, 2.24) is 4.90 Å². The Morgan fingerprint density at radius 1 is 1.33 bits per heavy atom. The number of hydrogen-bond acceptors (Lipinski definition) is 4. The normalized spacial score (nSPS) is 16.0. The minimum Gasteiger partial charge on any atom is -0.493 e. The molecule has 0 aliphatic carbocycles. The highest BCUT2D eigenvalue weighted by atomic mass is 16.6. The van der Waals surface area contributed by atoms with E-state index in [-0.39, 0.29) is 10.6 Å². The summed E-state index contributed by atoms with van der Waals surface area (Å²) in [4.78, 5) is 12.6. The number of nitro groups is 1. The van der Waals surface area contributed by atoms with Gasteiger partial charge in [0.1, 0.15) is 5.75 Å². The van der Waals surface area contributed by atoms with Crippen molar-refractivity contribution in [2.24, 2.45) is 5.92 Å². The monoisotopic (exact) mass is 294 g/mol. The molecule has 1 fully saturated rings. The number of benzene rings is 1. The van der Waals surface area contributed by atoms with Crippen LogP contribution in [0.1, 0.15) is 32.3 Å². The van der Waals surface area contributed by atoms with Gasteiger partial charge in [-0.15, -0.1) is 0 Å². The Labute approximate surface area is 127 Å². The third-order valence-corrected chi connectivity index (χ3v) is 3.68. The summed E-state index contributed by atoms with van der Waals surface area (Å²) in [5, 5.41) is 10.7. The molecule has 0 bridgehead atoms. The average molecular weight is 294 g/mol. The third-order valence-electron chi connectivity index (χ3n) is 3.68. The molecule has 21 heavy (non-hydrogen) atoms. The number of non-ortho nitro benzene ring substituents is 1. The minimum absolute atomic E-state index is 0.115. The zero-order valence-electron chi connectivity index (χ0n) is 13.5. The number of rotatable bonds is 4. The molecule has 1 heterocycles. The van der Waals surface area contributed by atoms with Gasteiger partial charge in [0.25, 0.3) is 5.69 Å². The Balaban J connectivity index is 0.00000106. The van der Waals surface area contributed by atoms with Gasteiger partial charge in [-0.25, -0.2) is 0 Å². The first kappa shape index (κ1) is 17.4. The average Bonchev–Trinajstić information content (AvgIpc) is 2.49. The molecule has 1 aromatic carbocycles. The molecule has 0 atom stereocenters. The molecule has 5 nitrogen and oxygen atoms in total. The molecule has 1 aliphatic heterocycles. The van der Waals surface area contributed by atoms with E-state index < -0.39 is 0 Å². The molecule has 118 valence electrons. The predicted octanol–water partition coefficient (Wildman–Crippen LogP) is 3.65. The molecule has 0 saturated carbocycles. The second kappa shape index (κ2) is 8.62. The lowest BCUT2D eigenvalue weighted by Crippen LogP contribution is -2.32. The molecule has 1 aliphatic rings. The summed E-state index contributed by atoms with van der Waals surface area (Å²) in [6.07, 6.45) is 2.31. The van der Waals surface area contributed by atoms with Crippen molar-refractivity contribution in [1.29, 1.82) is 0 Å². The van der Waals surface area contributed by atoms with Crippen LogP contribution in [0.25, 0.3) is 0 Å². The van der Waals surface area contributed by atoms with Crippen LogP contribution >= 0.6 is 0 Å². The highest BCUT2D eigenvalue weighted by Gasteiger charge is 2.17. The van der Waals surface area contributed by atoms with Crippen LogP contribution in [0, 0.1) is 23.0 Å². The van der Waals surface area contributed by atoms with Gasteiger partial charge in [-0.3, -0.25) is 10.1 Å². The van der Waals surface area contributed by atoms with Crippen molar-refractivity contribution in [3.63, 3.8) is 0 Å². The second-order valence-corrected chi connectivity index (χ2v) is 5.26. The maximum absolute atomic E-state index is 10.7. The summed E-state index contributed by atoms with van der Waals surface area (Å²) in [7, 11) is 2.14. The summed E-state index contributed by atoms with van der Waals surface area (Å²) in [6, 6.07) is 4.75. The lowest BCUT2D eigenvalue weighted by atomic mass is 9.98. The highest BCUT2D eigenvalue weighted by molar-refractivity contribution is 5.42. The van der Waals surface area contributed by atoms with Crippen LogP contribution in [-0.4, -0.2) is 36.6 Å². The molecule has 0 spiro atoms. The van der Waals surface area contributed by atoms with Gasteiger partial charge < -0.3 is 9.64 Å². The van der Waals surface area contributed by atoms with E-state index >= 15 is 0 Å². The van der Waals surface area contributed by atoms with Gasteiger partial charge in [0.05, 0.1) is 11.5 Å². The highest BCUT2D eigenvalue weighted by Crippen LogP contribution is 2.25. The number of piperidine rings is 1. The molecular weight excluding hydrogens is 268 g/mol. The van der Waals surface area contributed by atoms with Crippen molar-refractivity contribution in [2.75, 3.05) is 26.7 Å². The number of aryl methyl sites for hydroxylation is 1. The van der Waals surface area contributed by atoms with Crippen molar-refractivity contribution in [3.8, 4) is 5.75 Å². The van der Waals surface area contributed by atoms with Crippen LogP contribution in [0.3, 0.4) is 0 Å². The number of nitrogens with zero attached hydrogens (tertiary/aromatic N) is 2. The van der Waals surface area contributed by atoms with Gasteiger partial charge in [-0.05, 0) is 57.5 Å². The number of hydrogen-bond donors (Lipinski definition) is 0. The lowest BCUT2D eigenvalue weighted by Gasteiger charge is -2.28. The van der Waals surface area contributed by atoms with Crippen LogP contribution in [-0.2, 0) is 0 Å². The maximum Gasteiger partial charge on any atom is 0.269 e. The predicted molar refractivity (Wildman–Crippen MR) is 84.9 cm³/mol. The topological polar surface area (TPSA) is 55.6 Å². The molecule has 2 rings (SSSR count). The summed E-state index contributed by atoms with van der Waals surface area (Å²) in [5.41, 5.74) is 0.936. The Bertz CT molecular complexity index is 455. The van der Waals surface area contributed by atoms with Crippen molar-refractivity contribution in [3.05, 3.63) is 33.9 Å². The van der Waals surface area contributed by atoms with Crippen molar-refractivity contribution in [2.45, 2.75) is 33.6 Å². The van der Waals surface area contributed by atoms with Gasteiger partial charge in [-0.1, -0.05) is 13.8 Å². The standard InChI is InChI=1S/C14H20N2O3.C2H6/c1-11-9-13(16(17)18)3-4-14(11)19-10-12-5-7-15(2)8-6-12;1-2/h3-4,9,12H,5-8,10H2,1-2H3;1-2H3. The zero-order chi connectivity index (χ0) is 15.8.